The zero-order chi connectivity index (χ0) is 13.2. The van der Waals surface area contributed by atoms with Crippen molar-refractivity contribution in [2.24, 2.45) is 5.92 Å². The van der Waals surface area contributed by atoms with E-state index in [1.165, 1.54) is 0 Å². The number of fused-ring (bicyclic) bond motifs is 1. The molecule has 1 aliphatic heterocycles. The number of unbranched alkanes of at least 4 members (excludes halogenated alkanes) is 1. The van der Waals surface area contributed by atoms with Gasteiger partial charge in [-0.15, -0.1) is 0 Å². The topological polar surface area (TPSA) is 46.2 Å². The number of sulfonamides is 1. The number of hydrogen-bond donors (Lipinski definition) is 1. The Labute approximate surface area is 110 Å². The molecule has 2 rings (SSSR count). The lowest BCUT2D eigenvalue weighted by atomic mass is 9.94. The molecule has 1 aromatic rings. The molecule has 0 fully saturated rings. The zero-order valence-corrected chi connectivity index (χ0v) is 11.9. The molecule has 1 atom stereocenters. The van der Waals surface area contributed by atoms with Crippen LogP contribution in [0.1, 0.15) is 37.3 Å². The highest BCUT2D eigenvalue weighted by Gasteiger charge is 2.25. The van der Waals surface area contributed by atoms with Crippen molar-refractivity contribution in [3.8, 4) is 0 Å². The standard InChI is InChI=1S/C14H21NO2S/c1-3-4-5-12-9-13-7-6-11(2)8-14(13)18(16,17)15-10-12/h6-8,12,15H,3-5,9-10H2,1-2H3/t12-/m0/s1. The Hall–Kier alpha value is -0.870. The SMILES string of the molecule is CCCC[C@@H]1CNS(=O)(=O)c2cc(C)ccc2C1. The van der Waals surface area contributed by atoms with E-state index in [1.807, 2.05) is 19.1 Å². The van der Waals surface area contributed by atoms with Crippen molar-refractivity contribution >= 4 is 10.0 Å². The van der Waals surface area contributed by atoms with Gasteiger partial charge in [-0.25, -0.2) is 13.1 Å². The molecule has 18 heavy (non-hydrogen) atoms. The maximum absolute atomic E-state index is 12.2. The number of rotatable bonds is 3. The van der Waals surface area contributed by atoms with E-state index in [9.17, 15) is 8.42 Å². The molecule has 1 aliphatic rings. The van der Waals surface area contributed by atoms with Gasteiger partial charge in [0.25, 0.3) is 0 Å². The summed E-state index contributed by atoms with van der Waals surface area (Å²) in [6.07, 6.45) is 4.27. The normalized spacial score (nSPS) is 22.2. The zero-order valence-electron chi connectivity index (χ0n) is 11.1. The van der Waals surface area contributed by atoms with Crippen LogP contribution in [-0.2, 0) is 16.4 Å². The average Bonchev–Trinajstić information content (AvgIpc) is 2.45. The molecule has 100 valence electrons. The van der Waals surface area contributed by atoms with Crippen LogP contribution < -0.4 is 4.72 Å². The fourth-order valence-electron chi connectivity index (χ4n) is 2.47. The Bertz CT molecular complexity index is 523. The van der Waals surface area contributed by atoms with Crippen molar-refractivity contribution in [1.29, 1.82) is 0 Å². The van der Waals surface area contributed by atoms with E-state index in [4.69, 9.17) is 0 Å². The third-order valence-electron chi connectivity index (χ3n) is 3.55. The van der Waals surface area contributed by atoms with Gasteiger partial charge in [-0.3, -0.25) is 0 Å². The second-order valence-electron chi connectivity index (χ2n) is 5.18. The van der Waals surface area contributed by atoms with Crippen LogP contribution in [0.2, 0.25) is 0 Å². The third kappa shape index (κ3) is 2.93. The second-order valence-corrected chi connectivity index (χ2v) is 6.91. The summed E-state index contributed by atoms with van der Waals surface area (Å²) in [6, 6.07) is 5.74. The molecule has 0 unspecified atom stereocenters. The largest absolute Gasteiger partial charge is 0.240 e. The highest BCUT2D eigenvalue weighted by Crippen LogP contribution is 2.25. The summed E-state index contributed by atoms with van der Waals surface area (Å²) in [4.78, 5) is 0.474. The highest BCUT2D eigenvalue weighted by molar-refractivity contribution is 7.89. The Morgan fingerprint density at radius 2 is 2.17 bits per heavy atom. The number of benzene rings is 1. The molecular formula is C14H21NO2S. The van der Waals surface area contributed by atoms with Gasteiger partial charge in [0.05, 0.1) is 4.90 Å². The molecule has 0 aliphatic carbocycles. The number of hydrogen-bond acceptors (Lipinski definition) is 2. The van der Waals surface area contributed by atoms with Crippen molar-refractivity contribution in [2.75, 3.05) is 6.54 Å². The molecule has 0 aromatic heterocycles. The predicted molar refractivity (Wildman–Crippen MR) is 73.1 cm³/mol. The molecular weight excluding hydrogens is 246 g/mol. The van der Waals surface area contributed by atoms with Gasteiger partial charge in [-0.05, 0) is 42.9 Å². The molecule has 0 spiro atoms. The van der Waals surface area contributed by atoms with E-state index in [-0.39, 0.29) is 0 Å². The van der Waals surface area contributed by atoms with Gasteiger partial charge in [-0.1, -0.05) is 31.9 Å². The Balaban J connectivity index is 2.32. The summed E-state index contributed by atoms with van der Waals surface area (Å²) in [7, 11) is -3.31. The van der Waals surface area contributed by atoms with Gasteiger partial charge < -0.3 is 0 Å². The van der Waals surface area contributed by atoms with E-state index < -0.39 is 10.0 Å². The lowest BCUT2D eigenvalue weighted by Crippen LogP contribution is -2.27. The minimum atomic E-state index is -3.31. The van der Waals surface area contributed by atoms with Crippen molar-refractivity contribution in [3.05, 3.63) is 29.3 Å². The number of nitrogens with one attached hydrogen (secondary N) is 1. The van der Waals surface area contributed by atoms with Gasteiger partial charge in [0.2, 0.25) is 10.0 Å². The lowest BCUT2D eigenvalue weighted by Gasteiger charge is -2.13. The molecule has 1 heterocycles. The van der Waals surface area contributed by atoms with E-state index in [0.717, 1.165) is 36.8 Å². The lowest BCUT2D eigenvalue weighted by molar-refractivity contribution is 0.459. The van der Waals surface area contributed by atoms with Crippen LogP contribution in [0.15, 0.2) is 23.1 Å². The first-order chi connectivity index (χ1) is 8.53. The van der Waals surface area contributed by atoms with Crippen LogP contribution in [0.25, 0.3) is 0 Å². The smallest absolute Gasteiger partial charge is 0.211 e. The van der Waals surface area contributed by atoms with E-state index in [2.05, 4.69) is 11.6 Å². The Morgan fingerprint density at radius 1 is 1.39 bits per heavy atom. The van der Waals surface area contributed by atoms with Crippen LogP contribution in [0.4, 0.5) is 0 Å². The molecule has 0 bridgehead atoms. The molecule has 1 N–H and O–H groups in total. The predicted octanol–water partition coefficient (Wildman–Crippen LogP) is 2.64. The van der Waals surface area contributed by atoms with Crippen molar-refractivity contribution in [3.63, 3.8) is 0 Å². The first kappa shape index (κ1) is 13.6. The summed E-state index contributed by atoms with van der Waals surface area (Å²) in [6.45, 7) is 4.66. The van der Waals surface area contributed by atoms with Gasteiger partial charge in [0, 0.05) is 6.54 Å². The molecule has 1 aromatic carbocycles. The first-order valence-corrected chi connectivity index (χ1v) is 8.10. The molecule has 0 radical (unpaired) electrons. The molecule has 0 saturated carbocycles. The van der Waals surface area contributed by atoms with E-state index in [0.29, 0.717) is 17.4 Å². The van der Waals surface area contributed by atoms with Crippen LogP contribution >= 0.6 is 0 Å². The van der Waals surface area contributed by atoms with Crippen molar-refractivity contribution in [2.45, 2.75) is 44.4 Å². The van der Waals surface area contributed by atoms with E-state index >= 15 is 0 Å². The summed E-state index contributed by atoms with van der Waals surface area (Å²) in [5.74, 6) is 0.420. The maximum atomic E-state index is 12.2. The number of aryl methyl sites for hydroxylation is 1. The fourth-order valence-corrected chi connectivity index (χ4v) is 3.91. The van der Waals surface area contributed by atoms with Crippen molar-refractivity contribution < 1.29 is 8.42 Å². The first-order valence-electron chi connectivity index (χ1n) is 6.62. The van der Waals surface area contributed by atoms with Crippen LogP contribution in [0, 0.1) is 12.8 Å². The minimum Gasteiger partial charge on any atom is -0.211 e. The van der Waals surface area contributed by atoms with Crippen LogP contribution in [-0.4, -0.2) is 15.0 Å². The Kier molecular flexibility index (Phi) is 4.07. The summed E-state index contributed by atoms with van der Waals surface area (Å²) < 4.78 is 27.0. The highest BCUT2D eigenvalue weighted by atomic mass is 32.2. The quantitative estimate of drug-likeness (QED) is 0.915. The van der Waals surface area contributed by atoms with Gasteiger partial charge in [-0.2, -0.15) is 0 Å². The van der Waals surface area contributed by atoms with Gasteiger partial charge >= 0.3 is 0 Å². The van der Waals surface area contributed by atoms with Crippen molar-refractivity contribution in [1.82, 2.24) is 4.72 Å². The van der Waals surface area contributed by atoms with Gasteiger partial charge in [0.15, 0.2) is 0 Å². The molecule has 0 amide bonds. The summed E-state index contributed by atoms with van der Waals surface area (Å²) in [5.41, 5.74) is 1.96. The Morgan fingerprint density at radius 3 is 2.89 bits per heavy atom. The van der Waals surface area contributed by atoms with E-state index in [1.54, 1.807) is 6.07 Å². The molecule has 4 heteroatoms. The van der Waals surface area contributed by atoms with Crippen LogP contribution in [0.5, 0.6) is 0 Å². The molecule has 0 saturated heterocycles. The molecule has 3 nitrogen and oxygen atoms in total. The average molecular weight is 267 g/mol. The second kappa shape index (κ2) is 5.41. The minimum absolute atomic E-state index is 0.420. The summed E-state index contributed by atoms with van der Waals surface area (Å²) in [5, 5.41) is 0. The summed E-state index contributed by atoms with van der Waals surface area (Å²) >= 11 is 0. The fraction of sp³-hybridized carbons (Fsp3) is 0.571. The third-order valence-corrected chi connectivity index (χ3v) is 5.05. The van der Waals surface area contributed by atoms with Gasteiger partial charge in [0.1, 0.15) is 0 Å². The monoisotopic (exact) mass is 267 g/mol. The maximum Gasteiger partial charge on any atom is 0.240 e. The van der Waals surface area contributed by atoms with Crippen LogP contribution in [0.3, 0.4) is 0 Å².